The lowest BCUT2D eigenvalue weighted by Crippen LogP contribution is -2.32. The van der Waals surface area contributed by atoms with E-state index in [1.54, 1.807) is 0 Å². The number of nitrogens with one attached hydrogen (secondary N) is 1. The van der Waals surface area contributed by atoms with E-state index in [2.05, 4.69) is 39.5 Å². The van der Waals surface area contributed by atoms with Crippen LogP contribution < -0.4 is 10.2 Å². The maximum Gasteiger partial charge on any atom is 0.225 e. The van der Waals surface area contributed by atoms with Crippen molar-refractivity contribution < 1.29 is 0 Å². The van der Waals surface area contributed by atoms with Gasteiger partial charge in [0.1, 0.15) is 0 Å². The first-order valence-corrected chi connectivity index (χ1v) is 7.77. The summed E-state index contributed by atoms with van der Waals surface area (Å²) >= 11 is 0. The molecule has 1 aromatic heterocycles. The molecule has 0 bridgehead atoms. The highest BCUT2D eigenvalue weighted by molar-refractivity contribution is 5.41. The summed E-state index contributed by atoms with van der Waals surface area (Å²) in [7, 11) is 0. The molecule has 2 aliphatic heterocycles. The third kappa shape index (κ3) is 2.51. The smallest absolute Gasteiger partial charge is 0.225 e. The van der Waals surface area contributed by atoms with Gasteiger partial charge in [0.25, 0.3) is 0 Å². The molecule has 0 spiro atoms. The van der Waals surface area contributed by atoms with Gasteiger partial charge in [-0.2, -0.15) is 0 Å². The zero-order chi connectivity index (χ0) is 14.1. The minimum absolute atomic E-state index is 0.894. The molecule has 2 aliphatic rings. The van der Waals surface area contributed by atoms with Crippen LogP contribution in [0.2, 0.25) is 0 Å². The molecular weight excluding hydrogens is 260 g/mol. The summed E-state index contributed by atoms with van der Waals surface area (Å²) < 4.78 is 0. The molecule has 4 heteroatoms. The number of rotatable bonds is 1. The average molecular weight is 280 g/mol. The molecule has 1 aromatic carbocycles. The molecule has 4 rings (SSSR count). The van der Waals surface area contributed by atoms with Crippen LogP contribution >= 0.6 is 0 Å². The molecule has 0 saturated heterocycles. The molecule has 4 nitrogen and oxygen atoms in total. The summed E-state index contributed by atoms with van der Waals surface area (Å²) in [5.41, 5.74) is 5.40. The molecule has 108 valence electrons. The highest BCUT2D eigenvalue weighted by atomic mass is 15.3. The molecule has 2 aromatic rings. The second-order valence-corrected chi connectivity index (χ2v) is 5.83. The SMILES string of the molecule is c1ccc2c(c1)CCN(c1ncc3c(n1)CCNCC3)C2. The Hall–Kier alpha value is -1.94. The number of hydrogen-bond acceptors (Lipinski definition) is 4. The Morgan fingerprint density at radius 3 is 2.76 bits per heavy atom. The predicted octanol–water partition coefficient (Wildman–Crippen LogP) is 1.73. The molecule has 3 heterocycles. The fourth-order valence-corrected chi connectivity index (χ4v) is 3.23. The van der Waals surface area contributed by atoms with Crippen molar-refractivity contribution >= 4 is 5.95 Å². The van der Waals surface area contributed by atoms with Gasteiger partial charge in [-0.3, -0.25) is 0 Å². The Kier molecular flexibility index (Phi) is 3.31. The van der Waals surface area contributed by atoms with E-state index in [1.807, 2.05) is 6.20 Å². The van der Waals surface area contributed by atoms with Gasteiger partial charge in [-0.15, -0.1) is 0 Å². The zero-order valence-electron chi connectivity index (χ0n) is 12.2. The number of hydrogen-bond donors (Lipinski definition) is 1. The monoisotopic (exact) mass is 280 g/mol. The van der Waals surface area contributed by atoms with Crippen LogP contribution in [0.4, 0.5) is 5.95 Å². The molecule has 21 heavy (non-hydrogen) atoms. The van der Waals surface area contributed by atoms with Crippen LogP contribution in [-0.2, 0) is 25.8 Å². The molecular formula is C17H20N4. The van der Waals surface area contributed by atoms with Crippen molar-refractivity contribution in [1.82, 2.24) is 15.3 Å². The maximum atomic E-state index is 4.84. The fourth-order valence-electron chi connectivity index (χ4n) is 3.23. The number of fused-ring (bicyclic) bond motifs is 2. The van der Waals surface area contributed by atoms with Crippen molar-refractivity contribution in [2.75, 3.05) is 24.5 Å². The van der Waals surface area contributed by atoms with Gasteiger partial charge in [0.15, 0.2) is 0 Å². The Balaban J connectivity index is 1.61. The summed E-state index contributed by atoms with van der Waals surface area (Å²) in [5, 5.41) is 3.42. The summed E-state index contributed by atoms with van der Waals surface area (Å²) in [4.78, 5) is 11.8. The van der Waals surface area contributed by atoms with E-state index < -0.39 is 0 Å². The van der Waals surface area contributed by atoms with E-state index in [9.17, 15) is 0 Å². The van der Waals surface area contributed by atoms with E-state index in [0.717, 1.165) is 51.4 Å². The van der Waals surface area contributed by atoms with Crippen LogP contribution in [-0.4, -0.2) is 29.6 Å². The summed E-state index contributed by atoms with van der Waals surface area (Å²) in [5.74, 6) is 0.894. The van der Waals surface area contributed by atoms with E-state index >= 15 is 0 Å². The van der Waals surface area contributed by atoms with Crippen molar-refractivity contribution in [3.8, 4) is 0 Å². The molecule has 1 N–H and O–H groups in total. The lowest BCUT2D eigenvalue weighted by molar-refractivity contribution is 0.697. The van der Waals surface area contributed by atoms with Gasteiger partial charge in [-0.05, 0) is 36.1 Å². The van der Waals surface area contributed by atoms with Gasteiger partial charge in [0.05, 0.1) is 5.69 Å². The number of aromatic nitrogens is 2. The van der Waals surface area contributed by atoms with Crippen molar-refractivity contribution in [1.29, 1.82) is 0 Å². The van der Waals surface area contributed by atoms with Gasteiger partial charge < -0.3 is 10.2 Å². The van der Waals surface area contributed by atoms with E-state index in [0.29, 0.717) is 0 Å². The number of benzene rings is 1. The fraction of sp³-hybridized carbons (Fsp3) is 0.412. The normalized spacial score (nSPS) is 17.8. The molecule has 0 fully saturated rings. The summed E-state index contributed by atoms with van der Waals surface area (Å²) in [6.45, 7) is 3.99. The Morgan fingerprint density at radius 2 is 1.81 bits per heavy atom. The van der Waals surface area contributed by atoms with Gasteiger partial charge in [-0.25, -0.2) is 9.97 Å². The number of anilines is 1. The van der Waals surface area contributed by atoms with Crippen molar-refractivity contribution in [2.24, 2.45) is 0 Å². The van der Waals surface area contributed by atoms with Crippen LogP contribution in [0.15, 0.2) is 30.5 Å². The summed E-state index contributed by atoms with van der Waals surface area (Å²) in [6.07, 6.45) is 5.16. The average Bonchev–Trinajstić information content (AvgIpc) is 2.79. The topological polar surface area (TPSA) is 41.1 Å². The third-order valence-corrected chi connectivity index (χ3v) is 4.46. The van der Waals surface area contributed by atoms with Gasteiger partial charge >= 0.3 is 0 Å². The summed E-state index contributed by atoms with van der Waals surface area (Å²) in [6, 6.07) is 8.69. The Labute approximate surface area is 125 Å². The van der Waals surface area contributed by atoms with Gasteiger partial charge in [0.2, 0.25) is 5.95 Å². The van der Waals surface area contributed by atoms with Gasteiger partial charge in [-0.1, -0.05) is 24.3 Å². The van der Waals surface area contributed by atoms with Crippen molar-refractivity contribution in [3.63, 3.8) is 0 Å². The van der Waals surface area contributed by atoms with Crippen LogP contribution in [0.25, 0.3) is 0 Å². The minimum Gasteiger partial charge on any atom is -0.336 e. The first kappa shape index (κ1) is 12.8. The quantitative estimate of drug-likeness (QED) is 0.864. The number of nitrogens with zero attached hydrogens (tertiary/aromatic N) is 3. The molecule has 0 atom stereocenters. The van der Waals surface area contributed by atoms with Crippen molar-refractivity contribution in [2.45, 2.75) is 25.8 Å². The lowest BCUT2D eigenvalue weighted by Gasteiger charge is -2.29. The van der Waals surface area contributed by atoms with E-state index in [-0.39, 0.29) is 0 Å². The molecule has 0 amide bonds. The first-order valence-electron chi connectivity index (χ1n) is 7.77. The Bertz CT molecular complexity index is 653. The first-order chi connectivity index (χ1) is 10.4. The molecule has 0 aliphatic carbocycles. The second kappa shape index (κ2) is 5.45. The highest BCUT2D eigenvalue weighted by Crippen LogP contribution is 2.23. The van der Waals surface area contributed by atoms with Crippen LogP contribution in [0.3, 0.4) is 0 Å². The van der Waals surface area contributed by atoms with Crippen LogP contribution in [0.5, 0.6) is 0 Å². The maximum absolute atomic E-state index is 4.84. The molecule has 0 radical (unpaired) electrons. The van der Waals surface area contributed by atoms with Crippen molar-refractivity contribution in [3.05, 3.63) is 52.8 Å². The molecule has 0 saturated carbocycles. The van der Waals surface area contributed by atoms with Crippen LogP contribution in [0, 0.1) is 0 Å². The van der Waals surface area contributed by atoms with E-state index in [4.69, 9.17) is 4.98 Å². The third-order valence-electron chi connectivity index (χ3n) is 4.46. The van der Waals surface area contributed by atoms with Gasteiger partial charge in [0, 0.05) is 32.3 Å². The standard InChI is InChI=1S/C17H20N4/c1-2-4-15-12-21(10-7-13(15)3-1)17-19-11-14-5-8-18-9-6-16(14)20-17/h1-4,11,18H,5-10,12H2. The zero-order valence-corrected chi connectivity index (χ0v) is 12.2. The largest absolute Gasteiger partial charge is 0.336 e. The lowest BCUT2D eigenvalue weighted by atomic mass is 10.0. The highest BCUT2D eigenvalue weighted by Gasteiger charge is 2.19. The van der Waals surface area contributed by atoms with Crippen LogP contribution in [0.1, 0.15) is 22.4 Å². The second-order valence-electron chi connectivity index (χ2n) is 5.83. The van der Waals surface area contributed by atoms with E-state index in [1.165, 1.54) is 22.4 Å². The minimum atomic E-state index is 0.894. The molecule has 0 unspecified atom stereocenters. The predicted molar refractivity (Wildman–Crippen MR) is 83.5 cm³/mol. The Morgan fingerprint density at radius 1 is 0.952 bits per heavy atom.